The molecule has 0 unspecified atom stereocenters. The summed E-state index contributed by atoms with van der Waals surface area (Å²) in [7, 11) is 0. The fourth-order valence-electron chi connectivity index (χ4n) is 2.06. The van der Waals surface area contributed by atoms with Crippen molar-refractivity contribution in [2.45, 2.75) is 12.8 Å². The molecule has 0 saturated carbocycles. The molecular formula is C14H18N2O4. The van der Waals surface area contributed by atoms with E-state index >= 15 is 0 Å². The number of rotatable bonds is 6. The van der Waals surface area contributed by atoms with Crippen molar-refractivity contribution in [2.75, 3.05) is 31.2 Å². The summed E-state index contributed by atoms with van der Waals surface area (Å²) < 4.78 is 5.37. The van der Waals surface area contributed by atoms with Gasteiger partial charge in [0, 0.05) is 31.3 Å². The lowest BCUT2D eigenvalue weighted by Crippen LogP contribution is -2.31. The minimum absolute atomic E-state index is 0.0989. The first-order valence-electron chi connectivity index (χ1n) is 6.61. The summed E-state index contributed by atoms with van der Waals surface area (Å²) in [6.45, 7) is 0.722. The van der Waals surface area contributed by atoms with Crippen LogP contribution in [0.2, 0.25) is 0 Å². The molecule has 1 aliphatic rings. The van der Waals surface area contributed by atoms with Crippen molar-refractivity contribution < 1.29 is 19.4 Å². The molecule has 20 heavy (non-hydrogen) atoms. The van der Waals surface area contributed by atoms with Gasteiger partial charge >= 0.3 is 0 Å². The van der Waals surface area contributed by atoms with Crippen LogP contribution in [0.25, 0.3) is 0 Å². The molecule has 1 aromatic carbocycles. The quantitative estimate of drug-likeness (QED) is 0.784. The van der Waals surface area contributed by atoms with Crippen LogP contribution in [0.1, 0.15) is 12.8 Å². The van der Waals surface area contributed by atoms with Gasteiger partial charge in [0.25, 0.3) is 5.91 Å². The Bertz CT molecular complexity index is 490. The Morgan fingerprint density at radius 3 is 3.00 bits per heavy atom. The zero-order valence-electron chi connectivity index (χ0n) is 11.2. The summed E-state index contributed by atoms with van der Waals surface area (Å²) in [6.07, 6.45) is 1.45. The maximum atomic E-state index is 11.7. The Kier molecular flexibility index (Phi) is 4.95. The predicted octanol–water partition coefficient (Wildman–Crippen LogP) is 0.301. The number of amides is 2. The van der Waals surface area contributed by atoms with Crippen LogP contribution in [0, 0.1) is 0 Å². The van der Waals surface area contributed by atoms with Crippen molar-refractivity contribution in [1.29, 1.82) is 0 Å². The minimum Gasteiger partial charge on any atom is -0.484 e. The second-order valence-electron chi connectivity index (χ2n) is 4.51. The Hall–Kier alpha value is -2.08. The van der Waals surface area contributed by atoms with Gasteiger partial charge in [-0.15, -0.1) is 0 Å². The molecule has 2 N–H and O–H groups in total. The summed E-state index contributed by atoms with van der Waals surface area (Å²) in [5, 5.41) is 11.1. The molecule has 1 aliphatic heterocycles. The van der Waals surface area contributed by atoms with Crippen LogP contribution in [0.5, 0.6) is 5.75 Å². The molecule has 6 heteroatoms. The van der Waals surface area contributed by atoms with E-state index in [4.69, 9.17) is 9.84 Å². The average Bonchev–Trinajstić information content (AvgIpc) is 2.89. The second kappa shape index (κ2) is 6.91. The Morgan fingerprint density at radius 2 is 2.30 bits per heavy atom. The van der Waals surface area contributed by atoms with Crippen LogP contribution >= 0.6 is 0 Å². The van der Waals surface area contributed by atoms with Gasteiger partial charge in [0.15, 0.2) is 6.61 Å². The van der Waals surface area contributed by atoms with Crippen LogP contribution in [0.15, 0.2) is 24.3 Å². The number of aliphatic hydroxyl groups is 1. The van der Waals surface area contributed by atoms with Crippen LogP contribution in [-0.2, 0) is 9.59 Å². The first-order valence-corrected chi connectivity index (χ1v) is 6.61. The topological polar surface area (TPSA) is 78.9 Å². The van der Waals surface area contributed by atoms with E-state index in [9.17, 15) is 9.59 Å². The monoisotopic (exact) mass is 278 g/mol. The van der Waals surface area contributed by atoms with Crippen molar-refractivity contribution in [3.8, 4) is 5.75 Å². The fraction of sp³-hybridized carbons (Fsp3) is 0.429. The highest BCUT2D eigenvalue weighted by molar-refractivity contribution is 5.95. The molecule has 0 aromatic heterocycles. The number of ether oxygens (including phenoxy) is 1. The SMILES string of the molecule is O=C(COc1cccc(N2CCCC2=O)c1)NCCO. The lowest BCUT2D eigenvalue weighted by molar-refractivity contribution is -0.123. The van der Waals surface area contributed by atoms with E-state index in [1.807, 2.05) is 6.07 Å². The molecule has 0 radical (unpaired) electrons. The molecule has 6 nitrogen and oxygen atoms in total. The van der Waals surface area contributed by atoms with E-state index in [0.717, 1.165) is 18.7 Å². The number of nitrogens with zero attached hydrogens (tertiary/aromatic N) is 1. The van der Waals surface area contributed by atoms with Crippen molar-refractivity contribution >= 4 is 17.5 Å². The third-order valence-corrected chi connectivity index (χ3v) is 3.01. The number of nitrogens with one attached hydrogen (secondary N) is 1. The van der Waals surface area contributed by atoms with Gasteiger partial charge in [0.1, 0.15) is 5.75 Å². The molecule has 108 valence electrons. The smallest absolute Gasteiger partial charge is 0.258 e. The standard InChI is InChI=1S/C14H18N2O4/c17-8-6-15-13(18)10-20-12-4-1-3-11(9-12)16-7-2-5-14(16)19/h1,3-4,9,17H,2,5-8,10H2,(H,15,18). The highest BCUT2D eigenvalue weighted by Crippen LogP contribution is 2.25. The number of carbonyl (C=O) groups is 2. The van der Waals surface area contributed by atoms with Gasteiger partial charge in [-0.1, -0.05) is 6.07 Å². The molecule has 1 saturated heterocycles. The number of aliphatic hydroxyl groups excluding tert-OH is 1. The second-order valence-corrected chi connectivity index (χ2v) is 4.51. The number of benzene rings is 1. The van der Waals surface area contributed by atoms with E-state index in [2.05, 4.69) is 5.32 Å². The summed E-state index contributed by atoms with van der Waals surface area (Å²) in [5.41, 5.74) is 0.792. The van der Waals surface area contributed by atoms with Gasteiger partial charge in [-0.05, 0) is 18.6 Å². The van der Waals surface area contributed by atoms with E-state index in [0.29, 0.717) is 12.2 Å². The predicted molar refractivity (Wildman–Crippen MR) is 73.6 cm³/mol. The Morgan fingerprint density at radius 1 is 1.45 bits per heavy atom. The normalized spacial score (nSPS) is 14.4. The number of hydrogen-bond acceptors (Lipinski definition) is 4. The average molecular weight is 278 g/mol. The van der Waals surface area contributed by atoms with Crippen molar-refractivity contribution in [2.24, 2.45) is 0 Å². The van der Waals surface area contributed by atoms with E-state index < -0.39 is 0 Å². The van der Waals surface area contributed by atoms with Gasteiger partial charge in [-0.25, -0.2) is 0 Å². The first kappa shape index (κ1) is 14.3. The Balaban J connectivity index is 1.92. The lowest BCUT2D eigenvalue weighted by atomic mass is 10.3. The van der Waals surface area contributed by atoms with Gasteiger partial charge < -0.3 is 20.1 Å². The van der Waals surface area contributed by atoms with Gasteiger partial charge in [-0.3, -0.25) is 9.59 Å². The van der Waals surface area contributed by atoms with Crippen LogP contribution < -0.4 is 15.0 Å². The van der Waals surface area contributed by atoms with Gasteiger partial charge in [-0.2, -0.15) is 0 Å². The molecule has 2 rings (SSSR count). The zero-order valence-corrected chi connectivity index (χ0v) is 11.2. The van der Waals surface area contributed by atoms with E-state index in [1.54, 1.807) is 23.1 Å². The lowest BCUT2D eigenvalue weighted by Gasteiger charge is -2.16. The Labute approximate surface area is 117 Å². The van der Waals surface area contributed by atoms with E-state index in [1.165, 1.54) is 0 Å². The third kappa shape index (κ3) is 3.71. The summed E-state index contributed by atoms with van der Waals surface area (Å²) >= 11 is 0. The fourth-order valence-corrected chi connectivity index (χ4v) is 2.06. The molecule has 1 aromatic rings. The van der Waals surface area contributed by atoms with Crippen molar-refractivity contribution in [3.63, 3.8) is 0 Å². The highest BCUT2D eigenvalue weighted by atomic mass is 16.5. The number of hydrogen-bond donors (Lipinski definition) is 2. The largest absolute Gasteiger partial charge is 0.484 e. The molecule has 0 atom stereocenters. The van der Waals surface area contributed by atoms with Crippen molar-refractivity contribution in [1.82, 2.24) is 5.32 Å². The highest BCUT2D eigenvalue weighted by Gasteiger charge is 2.21. The van der Waals surface area contributed by atoms with E-state index in [-0.39, 0.29) is 31.6 Å². The molecule has 1 heterocycles. The van der Waals surface area contributed by atoms with Gasteiger partial charge in [0.2, 0.25) is 5.91 Å². The zero-order chi connectivity index (χ0) is 14.4. The number of carbonyl (C=O) groups excluding carboxylic acids is 2. The summed E-state index contributed by atoms with van der Waals surface area (Å²) in [5.74, 6) is 0.367. The van der Waals surface area contributed by atoms with Crippen LogP contribution in [0.4, 0.5) is 5.69 Å². The molecule has 0 spiro atoms. The summed E-state index contributed by atoms with van der Waals surface area (Å²) in [6, 6.07) is 7.13. The maximum Gasteiger partial charge on any atom is 0.258 e. The maximum absolute atomic E-state index is 11.7. The van der Waals surface area contributed by atoms with Crippen LogP contribution in [-0.4, -0.2) is 43.2 Å². The molecule has 2 amide bonds. The molecule has 0 bridgehead atoms. The molecule has 1 fully saturated rings. The van der Waals surface area contributed by atoms with Gasteiger partial charge in [0.05, 0.1) is 6.61 Å². The van der Waals surface area contributed by atoms with Crippen molar-refractivity contribution in [3.05, 3.63) is 24.3 Å². The van der Waals surface area contributed by atoms with Crippen LogP contribution in [0.3, 0.4) is 0 Å². The molecule has 0 aliphatic carbocycles. The molecular weight excluding hydrogens is 260 g/mol. The summed E-state index contributed by atoms with van der Waals surface area (Å²) in [4.78, 5) is 24.7. The minimum atomic E-state index is -0.290. The first-order chi connectivity index (χ1) is 9.70. The third-order valence-electron chi connectivity index (χ3n) is 3.01. The number of anilines is 1.